The maximum Gasteiger partial charge on any atom is 0.255 e. The van der Waals surface area contributed by atoms with Crippen LogP contribution in [0.5, 0.6) is 0 Å². The summed E-state index contributed by atoms with van der Waals surface area (Å²) in [5, 5.41) is 1.22. The van der Waals surface area contributed by atoms with Crippen LogP contribution in [0.1, 0.15) is 60.1 Å². The number of piperazine rings is 1. The first-order chi connectivity index (χ1) is 20.8. The molecular formula is C35H45N5O2S. The fourth-order valence-electron chi connectivity index (χ4n) is 8.01. The van der Waals surface area contributed by atoms with Gasteiger partial charge >= 0.3 is 0 Å². The lowest BCUT2D eigenvalue weighted by atomic mass is 9.99. The largest absolute Gasteiger partial charge is 0.346 e. The zero-order valence-corrected chi connectivity index (χ0v) is 26.6. The van der Waals surface area contributed by atoms with Crippen LogP contribution in [0.25, 0.3) is 27.0 Å². The number of benzene rings is 1. The van der Waals surface area contributed by atoms with Crippen LogP contribution in [-0.4, -0.2) is 101 Å². The molecule has 0 aliphatic carbocycles. The Kier molecular flexibility index (Phi) is 7.95. The number of fused-ring (bicyclic) bond motifs is 3. The van der Waals surface area contributed by atoms with Crippen molar-refractivity contribution in [2.24, 2.45) is 0 Å². The molecule has 4 aliphatic rings. The van der Waals surface area contributed by atoms with E-state index in [0.717, 1.165) is 100 Å². The highest BCUT2D eigenvalue weighted by Gasteiger charge is 2.43. The number of carbonyl (C=O) groups excluding carboxylic acids is 2. The number of carbonyl (C=O) groups is 2. The smallest absolute Gasteiger partial charge is 0.255 e. The van der Waals surface area contributed by atoms with Crippen molar-refractivity contribution < 1.29 is 9.59 Å². The van der Waals surface area contributed by atoms with Gasteiger partial charge in [0.15, 0.2) is 0 Å². The monoisotopic (exact) mass is 599 g/mol. The van der Waals surface area contributed by atoms with Gasteiger partial charge in [-0.1, -0.05) is 23.8 Å². The lowest BCUT2D eigenvalue weighted by molar-refractivity contribution is -0.131. The number of thiophene rings is 1. The molecule has 4 aliphatic heterocycles. The van der Waals surface area contributed by atoms with Gasteiger partial charge in [-0.2, -0.15) is 0 Å². The van der Waals surface area contributed by atoms with E-state index in [9.17, 15) is 9.59 Å². The number of aromatic amines is 1. The van der Waals surface area contributed by atoms with Gasteiger partial charge in [0.1, 0.15) is 4.83 Å². The van der Waals surface area contributed by atoms with Crippen LogP contribution in [0.2, 0.25) is 0 Å². The van der Waals surface area contributed by atoms with Gasteiger partial charge in [-0.05, 0) is 88.1 Å². The maximum atomic E-state index is 13.5. The van der Waals surface area contributed by atoms with Crippen molar-refractivity contribution in [3.63, 3.8) is 0 Å². The number of H-pyrrole nitrogens is 1. The van der Waals surface area contributed by atoms with Gasteiger partial charge in [0.25, 0.3) is 5.91 Å². The van der Waals surface area contributed by atoms with E-state index in [1.165, 1.54) is 33.3 Å². The topological polar surface area (TPSA) is 62.9 Å². The second-order valence-corrected chi connectivity index (χ2v) is 14.4. The highest BCUT2D eigenvalue weighted by atomic mass is 32.1. The Hall–Kier alpha value is -2.94. The second kappa shape index (κ2) is 11.9. The molecule has 0 saturated carbocycles. The zero-order valence-electron chi connectivity index (χ0n) is 25.8. The fraction of sp³-hybridized carbons (Fsp3) is 0.543. The average molecular weight is 600 g/mol. The van der Waals surface area contributed by atoms with Crippen molar-refractivity contribution >= 4 is 38.9 Å². The molecular weight excluding hydrogens is 554 g/mol. The summed E-state index contributed by atoms with van der Waals surface area (Å²) in [6.07, 6.45) is 7.78. The molecule has 43 heavy (non-hydrogen) atoms. The zero-order chi connectivity index (χ0) is 29.7. The van der Waals surface area contributed by atoms with E-state index in [1.807, 2.05) is 4.90 Å². The summed E-state index contributed by atoms with van der Waals surface area (Å²) in [7, 11) is 0. The first kappa shape index (κ1) is 28.8. The molecule has 2 amide bonds. The Morgan fingerprint density at radius 2 is 1.51 bits per heavy atom. The van der Waals surface area contributed by atoms with Crippen molar-refractivity contribution in [1.29, 1.82) is 0 Å². The molecule has 8 heteroatoms. The molecule has 7 nitrogen and oxygen atoms in total. The Balaban J connectivity index is 1.08. The van der Waals surface area contributed by atoms with Crippen LogP contribution in [0.4, 0.5) is 0 Å². The van der Waals surface area contributed by atoms with Crippen LogP contribution in [0.3, 0.4) is 0 Å². The van der Waals surface area contributed by atoms with E-state index in [0.29, 0.717) is 30.1 Å². The van der Waals surface area contributed by atoms with Gasteiger partial charge < -0.3 is 19.7 Å². The first-order valence-electron chi connectivity index (χ1n) is 16.3. The summed E-state index contributed by atoms with van der Waals surface area (Å²) >= 11 is 1.67. The van der Waals surface area contributed by atoms with E-state index in [4.69, 9.17) is 0 Å². The lowest BCUT2D eigenvalue weighted by Gasteiger charge is -2.35. The summed E-state index contributed by atoms with van der Waals surface area (Å²) in [5.41, 5.74) is 6.93. The summed E-state index contributed by atoms with van der Waals surface area (Å²) in [5.74, 6) is 0.426. The number of likely N-dealkylation sites (tertiary alicyclic amines) is 1. The maximum absolute atomic E-state index is 13.5. The molecule has 0 atom stereocenters. The van der Waals surface area contributed by atoms with Crippen LogP contribution in [0, 0.1) is 13.8 Å². The molecule has 2 bridgehead atoms. The third-order valence-electron chi connectivity index (χ3n) is 10.3. The van der Waals surface area contributed by atoms with Gasteiger partial charge in [-0.15, -0.1) is 11.3 Å². The van der Waals surface area contributed by atoms with Crippen molar-refractivity contribution in [1.82, 2.24) is 24.6 Å². The number of nitrogens with zero attached hydrogens (tertiary/aromatic N) is 4. The Labute approximate surface area is 259 Å². The summed E-state index contributed by atoms with van der Waals surface area (Å²) in [6.45, 7) is 15.9. The number of hydrogen-bond acceptors (Lipinski definition) is 5. The van der Waals surface area contributed by atoms with Crippen molar-refractivity contribution in [2.45, 2.75) is 70.9 Å². The number of nitrogens with one attached hydrogen (secondary N) is 1. The highest BCUT2D eigenvalue weighted by molar-refractivity contribution is 7.20. The minimum Gasteiger partial charge on any atom is -0.346 e. The van der Waals surface area contributed by atoms with E-state index in [1.54, 1.807) is 11.3 Å². The number of rotatable bonds is 8. The van der Waals surface area contributed by atoms with Crippen molar-refractivity contribution in [3.8, 4) is 11.3 Å². The van der Waals surface area contributed by atoms with Gasteiger partial charge in [-0.3, -0.25) is 14.5 Å². The molecule has 0 radical (unpaired) electrons. The van der Waals surface area contributed by atoms with Gasteiger partial charge in [0.05, 0.1) is 12.2 Å². The minimum atomic E-state index is 0.131. The predicted molar refractivity (Wildman–Crippen MR) is 175 cm³/mol. The Morgan fingerprint density at radius 3 is 2.16 bits per heavy atom. The van der Waals surface area contributed by atoms with Crippen LogP contribution in [0.15, 0.2) is 30.8 Å². The van der Waals surface area contributed by atoms with Crippen LogP contribution < -0.4 is 0 Å². The van der Waals surface area contributed by atoms with Gasteiger partial charge in [-0.25, -0.2) is 0 Å². The average Bonchev–Trinajstić information content (AvgIpc) is 3.83. The molecule has 1 N–H and O–H groups in total. The molecule has 1 aromatic carbocycles. The standard InChI is InChI=1S/C35H45N5O2S/c1-23-18-24(2)20-26(19-23)33-29(10-13-37-14-16-38(17-15-37)22-32(41)39-11-4-5-12-39)30-21-31(43-34(30)36-33)25(3)35(42)40-27-6-7-28(40)9-8-27/h18-21,27-28,36H,3-17,22H2,1-2H3. The first-order valence-corrected chi connectivity index (χ1v) is 17.1. The SMILES string of the molecule is C=C(C(=O)N1C2CCC1CC2)c1cc2c(CCN3CCN(CC(=O)N4CCCC4)CC3)c(-c3cc(C)cc(C)c3)[nH]c2s1. The third kappa shape index (κ3) is 5.69. The fourth-order valence-corrected chi connectivity index (χ4v) is 9.06. The predicted octanol–water partition coefficient (Wildman–Crippen LogP) is 5.46. The molecule has 0 spiro atoms. The van der Waals surface area contributed by atoms with Crippen LogP contribution >= 0.6 is 11.3 Å². The van der Waals surface area contributed by atoms with Crippen molar-refractivity contribution in [3.05, 3.63) is 52.4 Å². The quantitative estimate of drug-likeness (QED) is 0.349. The highest BCUT2D eigenvalue weighted by Crippen LogP contribution is 2.42. The number of hydrogen-bond donors (Lipinski definition) is 1. The molecule has 2 aromatic heterocycles. The van der Waals surface area contributed by atoms with Gasteiger partial charge in [0, 0.05) is 73.7 Å². The molecule has 4 saturated heterocycles. The van der Waals surface area contributed by atoms with Crippen LogP contribution in [-0.2, 0) is 16.0 Å². The van der Waals surface area contributed by atoms with E-state index in [2.05, 4.69) is 64.4 Å². The number of aromatic nitrogens is 1. The van der Waals surface area contributed by atoms with E-state index < -0.39 is 0 Å². The Morgan fingerprint density at radius 1 is 0.884 bits per heavy atom. The summed E-state index contributed by atoms with van der Waals surface area (Å²) in [6, 6.07) is 9.80. The number of aryl methyl sites for hydroxylation is 2. The van der Waals surface area contributed by atoms with E-state index >= 15 is 0 Å². The molecule has 3 aromatic rings. The summed E-state index contributed by atoms with van der Waals surface area (Å²) < 4.78 is 0. The normalized spacial score (nSPS) is 22.7. The minimum absolute atomic E-state index is 0.131. The summed E-state index contributed by atoms with van der Waals surface area (Å²) in [4.78, 5) is 41.1. The molecule has 6 heterocycles. The second-order valence-electron chi connectivity index (χ2n) is 13.3. The molecule has 228 valence electrons. The Bertz CT molecular complexity index is 1500. The number of amides is 2. The van der Waals surface area contributed by atoms with Gasteiger partial charge in [0.2, 0.25) is 5.91 Å². The third-order valence-corrected chi connectivity index (χ3v) is 11.4. The molecule has 4 fully saturated rings. The van der Waals surface area contributed by atoms with Crippen molar-refractivity contribution in [2.75, 3.05) is 52.4 Å². The van der Waals surface area contributed by atoms with E-state index in [-0.39, 0.29) is 5.91 Å². The lowest BCUT2D eigenvalue weighted by Crippen LogP contribution is -2.50. The molecule has 0 unspecified atom stereocenters. The molecule has 7 rings (SSSR count).